The Bertz CT molecular complexity index is 525. The average Bonchev–Trinajstić information content (AvgIpc) is 2.42. The van der Waals surface area contributed by atoms with Crippen molar-refractivity contribution in [3.05, 3.63) is 48.0 Å². The van der Waals surface area contributed by atoms with Gasteiger partial charge in [0.2, 0.25) is 5.95 Å². The van der Waals surface area contributed by atoms with Crippen molar-refractivity contribution < 1.29 is 9.18 Å². The van der Waals surface area contributed by atoms with Crippen LogP contribution in [0, 0.1) is 5.82 Å². The summed E-state index contributed by atoms with van der Waals surface area (Å²) in [5, 5.41) is 0. The molecule has 0 aliphatic rings. The zero-order valence-electron chi connectivity index (χ0n) is 9.88. The predicted octanol–water partition coefficient (Wildman–Crippen LogP) is 2.59. The molecule has 1 heterocycles. The van der Waals surface area contributed by atoms with Crippen LogP contribution in [0.25, 0.3) is 0 Å². The molecule has 0 unspecified atom stereocenters. The van der Waals surface area contributed by atoms with Crippen molar-refractivity contribution in [3.63, 3.8) is 0 Å². The van der Waals surface area contributed by atoms with Crippen LogP contribution in [0.3, 0.4) is 0 Å². The predicted molar refractivity (Wildman–Crippen MR) is 66.5 cm³/mol. The molecule has 0 aliphatic carbocycles. The van der Waals surface area contributed by atoms with Crippen molar-refractivity contribution in [2.24, 2.45) is 0 Å². The Morgan fingerprint density at radius 3 is 2.33 bits per heavy atom. The van der Waals surface area contributed by atoms with Crippen molar-refractivity contribution >= 4 is 17.9 Å². The molecule has 0 spiro atoms. The highest BCUT2D eigenvalue weighted by molar-refractivity contribution is 5.73. The average molecular weight is 245 g/mol. The van der Waals surface area contributed by atoms with Crippen LogP contribution in [0.1, 0.15) is 17.3 Å². The van der Waals surface area contributed by atoms with E-state index in [-0.39, 0.29) is 5.82 Å². The summed E-state index contributed by atoms with van der Waals surface area (Å²) in [6.07, 6.45) is 3.61. The lowest BCUT2D eigenvalue weighted by atomic mass is 10.3. The first-order chi connectivity index (χ1) is 8.74. The van der Waals surface area contributed by atoms with E-state index in [9.17, 15) is 9.18 Å². The van der Waals surface area contributed by atoms with E-state index in [1.165, 1.54) is 24.5 Å². The third kappa shape index (κ3) is 2.51. The van der Waals surface area contributed by atoms with Gasteiger partial charge in [0.05, 0.1) is 5.56 Å². The molecule has 0 amide bonds. The van der Waals surface area contributed by atoms with Crippen LogP contribution >= 0.6 is 0 Å². The van der Waals surface area contributed by atoms with Gasteiger partial charge in [-0.25, -0.2) is 14.4 Å². The molecule has 0 N–H and O–H groups in total. The molecule has 1 aromatic heterocycles. The number of carbonyl (C=O) groups excluding carboxylic acids is 1. The van der Waals surface area contributed by atoms with Crippen LogP contribution in [0.4, 0.5) is 16.0 Å². The van der Waals surface area contributed by atoms with Gasteiger partial charge in [-0.15, -0.1) is 0 Å². The zero-order chi connectivity index (χ0) is 13.0. The first-order valence-electron chi connectivity index (χ1n) is 5.55. The first kappa shape index (κ1) is 12.2. The van der Waals surface area contributed by atoms with E-state index in [4.69, 9.17) is 0 Å². The van der Waals surface area contributed by atoms with Crippen LogP contribution in [-0.2, 0) is 0 Å². The number of nitrogens with zero attached hydrogens (tertiary/aromatic N) is 3. The molecule has 0 bridgehead atoms. The van der Waals surface area contributed by atoms with Crippen molar-refractivity contribution in [1.82, 2.24) is 9.97 Å². The number of anilines is 2. The Hall–Kier alpha value is -2.30. The van der Waals surface area contributed by atoms with Crippen LogP contribution in [-0.4, -0.2) is 22.8 Å². The molecule has 0 fully saturated rings. The summed E-state index contributed by atoms with van der Waals surface area (Å²) in [5.41, 5.74) is 1.23. The normalized spacial score (nSPS) is 10.1. The van der Waals surface area contributed by atoms with Crippen molar-refractivity contribution in [2.45, 2.75) is 6.92 Å². The molecule has 2 aromatic rings. The SMILES string of the molecule is CCN(c1ccc(F)cc1)c1ncc(C=O)cn1. The number of hydrogen-bond acceptors (Lipinski definition) is 4. The highest BCUT2D eigenvalue weighted by Crippen LogP contribution is 2.21. The molecule has 0 radical (unpaired) electrons. The summed E-state index contributed by atoms with van der Waals surface area (Å²) in [7, 11) is 0. The fourth-order valence-corrected chi connectivity index (χ4v) is 1.59. The maximum Gasteiger partial charge on any atom is 0.229 e. The van der Waals surface area contributed by atoms with Gasteiger partial charge >= 0.3 is 0 Å². The minimum atomic E-state index is -0.285. The largest absolute Gasteiger partial charge is 0.311 e. The van der Waals surface area contributed by atoms with Gasteiger partial charge < -0.3 is 4.90 Å². The molecule has 0 saturated carbocycles. The highest BCUT2D eigenvalue weighted by Gasteiger charge is 2.09. The number of aromatic nitrogens is 2. The lowest BCUT2D eigenvalue weighted by Crippen LogP contribution is -2.18. The third-order valence-corrected chi connectivity index (χ3v) is 2.49. The number of rotatable bonds is 4. The lowest BCUT2D eigenvalue weighted by molar-refractivity contribution is 0.112. The van der Waals surface area contributed by atoms with Gasteiger partial charge in [-0.2, -0.15) is 0 Å². The standard InChI is InChI=1S/C13H12FN3O/c1-2-17(12-5-3-11(14)4-6-12)13-15-7-10(9-18)8-16-13/h3-9H,2H2,1H3. The maximum absolute atomic E-state index is 12.9. The monoisotopic (exact) mass is 245 g/mol. The van der Waals surface area contributed by atoms with Gasteiger partial charge in [-0.3, -0.25) is 4.79 Å². The molecule has 1 aromatic carbocycles. The quantitative estimate of drug-likeness (QED) is 0.777. The van der Waals surface area contributed by atoms with Gasteiger partial charge in [0, 0.05) is 24.6 Å². The number of aldehydes is 1. The second-order valence-electron chi connectivity index (χ2n) is 3.65. The lowest BCUT2D eigenvalue weighted by Gasteiger charge is -2.20. The number of halogens is 1. The Kier molecular flexibility index (Phi) is 3.62. The van der Waals surface area contributed by atoms with Crippen LogP contribution < -0.4 is 4.90 Å². The van der Waals surface area contributed by atoms with Crippen molar-refractivity contribution in [3.8, 4) is 0 Å². The molecule has 0 saturated heterocycles. The molecule has 92 valence electrons. The van der Waals surface area contributed by atoms with Crippen molar-refractivity contribution in [2.75, 3.05) is 11.4 Å². The molecular weight excluding hydrogens is 233 g/mol. The van der Waals surface area contributed by atoms with E-state index >= 15 is 0 Å². The Balaban J connectivity index is 2.32. The Morgan fingerprint density at radius 2 is 1.83 bits per heavy atom. The Morgan fingerprint density at radius 1 is 1.22 bits per heavy atom. The summed E-state index contributed by atoms with van der Waals surface area (Å²) in [6.45, 7) is 2.59. The van der Waals surface area contributed by atoms with Gasteiger partial charge in [0.1, 0.15) is 5.82 Å². The smallest absolute Gasteiger partial charge is 0.229 e. The van der Waals surface area contributed by atoms with E-state index < -0.39 is 0 Å². The van der Waals surface area contributed by atoms with Gasteiger partial charge in [0.25, 0.3) is 0 Å². The van der Waals surface area contributed by atoms with Crippen LogP contribution in [0.2, 0.25) is 0 Å². The third-order valence-electron chi connectivity index (χ3n) is 2.49. The zero-order valence-corrected chi connectivity index (χ0v) is 9.88. The van der Waals surface area contributed by atoms with Crippen molar-refractivity contribution in [1.29, 1.82) is 0 Å². The van der Waals surface area contributed by atoms with E-state index in [1.54, 1.807) is 12.1 Å². The van der Waals surface area contributed by atoms with Gasteiger partial charge in [-0.1, -0.05) is 0 Å². The highest BCUT2D eigenvalue weighted by atomic mass is 19.1. The van der Waals surface area contributed by atoms with E-state index in [0.717, 1.165) is 5.69 Å². The Labute approximate surface area is 104 Å². The number of hydrogen-bond donors (Lipinski definition) is 0. The fraction of sp³-hybridized carbons (Fsp3) is 0.154. The molecule has 18 heavy (non-hydrogen) atoms. The van der Waals surface area contributed by atoms with Gasteiger partial charge in [-0.05, 0) is 31.2 Å². The summed E-state index contributed by atoms with van der Waals surface area (Å²) in [4.78, 5) is 20.6. The molecule has 0 atom stereocenters. The molecular formula is C13H12FN3O. The second kappa shape index (κ2) is 5.35. The van der Waals surface area contributed by atoms with E-state index in [0.29, 0.717) is 24.3 Å². The first-order valence-corrected chi connectivity index (χ1v) is 5.55. The van der Waals surface area contributed by atoms with Gasteiger partial charge in [0.15, 0.2) is 6.29 Å². The van der Waals surface area contributed by atoms with E-state index in [2.05, 4.69) is 9.97 Å². The number of carbonyl (C=O) groups is 1. The molecule has 0 aliphatic heterocycles. The molecule has 4 nitrogen and oxygen atoms in total. The summed E-state index contributed by atoms with van der Waals surface area (Å²) < 4.78 is 12.9. The summed E-state index contributed by atoms with van der Waals surface area (Å²) in [5.74, 6) is 0.196. The minimum absolute atomic E-state index is 0.285. The van der Waals surface area contributed by atoms with Crippen LogP contribution in [0.5, 0.6) is 0 Å². The molecule has 2 rings (SSSR count). The van der Waals surface area contributed by atoms with E-state index in [1.807, 2.05) is 11.8 Å². The summed E-state index contributed by atoms with van der Waals surface area (Å²) in [6, 6.07) is 6.10. The topological polar surface area (TPSA) is 46.1 Å². The maximum atomic E-state index is 12.9. The second-order valence-corrected chi connectivity index (χ2v) is 3.65. The number of benzene rings is 1. The van der Waals surface area contributed by atoms with Crippen LogP contribution in [0.15, 0.2) is 36.7 Å². The fourth-order valence-electron chi connectivity index (χ4n) is 1.59. The molecule has 5 heteroatoms. The minimum Gasteiger partial charge on any atom is -0.311 e. The summed E-state index contributed by atoms with van der Waals surface area (Å²) >= 11 is 0.